The average Bonchev–Trinajstić information content (AvgIpc) is 3.40. The van der Waals surface area contributed by atoms with Crippen LogP contribution in [-0.4, -0.2) is 52.4 Å². The Balaban J connectivity index is 1.17. The van der Waals surface area contributed by atoms with Crippen LogP contribution >= 0.6 is 11.3 Å². The number of fused-ring (bicyclic) bond motifs is 3. The molecule has 0 N–H and O–H groups in total. The van der Waals surface area contributed by atoms with Crippen LogP contribution in [-0.2, 0) is 11.2 Å². The second-order valence-electron chi connectivity index (χ2n) is 7.65. The highest BCUT2D eigenvalue weighted by atomic mass is 32.1. The number of likely N-dealkylation sites (tertiary alicyclic amines) is 2. The highest BCUT2D eigenvalue weighted by molar-refractivity contribution is 7.20. The van der Waals surface area contributed by atoms with Crippen LogP contribution < -0.4 is 4.74 Å². The molecule has 2 fully saturated rings. The number of thiazole rings is 1. The number of ether oxygens (including phenoxy) is 1. The van der Waals surface area contributed by atoms with Gasteiger partial charge < -0.3 is 9.64 Å². The number of hydrogen-bond acceptors (Lipinski definition) is 5. The largest absolute Gasteiger partial charge is 0.431 e. The van der Waals surface area contributed by atoms with Gasteiger partial charge in [-0.2, -0.15) is 0 Å². The Labute approximate surface area is 168 Å². The zero-order valence-electron chi connectivity index (χ0n) is 15.9. The molecule has 0 saturated carbocycles. The monoisotopic (exact) mass is 393 g/mol. The molecule has 144 valence electrons. The molecule has 0 radical (unpaired) electrons. The summed E-state index contributed by atoms with van der Waals surface area (Å²) >= 11 is 1.56. The standard InChI is InChI=1S/C22H23N3O2S/c1-15(26)25-14-17-12-18(25)13-24(17)11-10-16-6-8-19(9-7-16)27-22-23-20-4-2-3-5-21(20)28-22/h2-9,17-18H,10-14H2,1H3/t17-,18+/m1/s1. The molecule has 2 aliphatic rings. The fraction of sp³-hybridized carbons (Fsp3) is 0.364. The number of para-hydroxylation sites is 1. The molecule has 0 spiro atoms. The predicted molar refractivity (Wildman–Crippen MR) is 111 cm³/mol. The van der Waals surface area contributed by atoms with E-state index in [1.807, 2.05) is 35.2 Å². The SMILES string of the molecule is CC(=O)N1C[C@H]2C[C@H]1CN2CCc1ccc(Oc2nc3ccccc3s2)cc1. The van der Waals surface area contributed by atoms with Crippen LogP contribution in [0.4, 0.5) is 0 Å². The molecule has 3 aromatic rings. The summed E-state index contributed by atoms with van der Waals surface area (Å²) in [7, 11) is 0. The van der Waals surface area contributed by atoms with Crippen LogP contribution in [0.25, 0.3) is 10.2 Å². The number of aromatic nitrogens is 1. The Morgan fingerprint density at radius 2 is 1.96 bits per heavy atom. The molecule has 0 aliphatic carbocycles. The first-order chi connectivity index (χ1) is 13.7. The zero-order valence-corrected chi connectivity index (χ0v) is 16.7. The van der Waals surface area contributed by atoms with Crippen LogP contribution in [0.1, 0.15) is 18.9 Å². The van der Waals surface area contributed by atoms with Crippen LogP contribution in [0, 0.1) is 0 Å². The summed E-state index contributed by atoms with van der Waals surface area (Å²) < 4.78 is 7.07. The Hall–Kier alpha value is -2.44. The normalized spacial score (nSPS) is 21.5. The number of carbonyl (C=O) groups excluding carboxylic acids is 1. The maximum atomic E-state index is 11.6. The minimum Gasteiger partial charge on any atom is -0.431 e. The summed E-state index contributed by atoms with van der Waals surface area (Å²) in [6.07, 6.45) is 2.15. The van der Waals surface area contributed by atoms with Crippen molar-refractivity contribution in [2.45, 2.75) is 31.8 Å². The lowest BCUT2D eigenvalue weighted by Gasteiger charge is -2.33. The van der Waals surface area contributed by atoms with E-state index in [1.165, 1.54) is 5.56 Å². The molecule has 6 heteroatoms. The Kier molecular flexibility index (Phi) is 4.53. The number of benzene rings is 2. The van der Waals surface area contributed by atoms with E-state index in [1.54, 1.807) is 18.3 Å². The Morgan fingerprint density at radius 1 is 1.14 bits per heavy atom. The Bertz CT molecular complexity index is 967. The summed E-state index contributed by atoms with van der Waals surface area (Å²) in [5.41, 5.74) is 2.28. The van der Waals surface area contributed by atoms with E-state index in [9.17, 15) is 4.79 Å². The van der Waals surface area contributed by atoms with Crippen molar-refractivity contribution in [2.24, 2.45) is 0 Å². The lowest BCUT2D eigenvalue weighted by molar-refractivity contribution is -0.131. The molecule has 2 atom stereocenters. The zero-order chi connectivity index (χ0) is 19.1. The van der Waals surface area contributed by atoms with E-state index in [4.69, 9.17) is 4.74 Å². The van der Waals surface area contributed by atoms with Crippen molar-refractivity contribution in [3.05, 3.63) is 54.1 Å². The van der Waals surface area contributed by atoms with Crippen LogP contribution in [0.2, 0.25) is 0 Å². The van der Waals surface area contributed by atoms with Crippen molar-refractivity contribution in [3.63, 3.8) is 0 Å². The van der Waals surface area contributed by atoms with E-state index in [0.717, 1.165) is 48.4 Å². The lowest BCUT2D eigenvalue weighted by atomic mass is 10.1. The molecular formula is C22H23N3O2S. The smallest absolute Gasteiger partial charge is 0.279 e. The summed E-state index contributed by atoms with van der Waals surface area (Å²) in [5, 5.41) is 0.678. The topological polar surface area (TPSA) is 45.7 Å². The van der Waals surface area contributed by atoms with E-state index < -0.39 is 0 Å². The Morgan fingerprint density at radius 3 is 2.68 bits per heavy atom. The van der Waals surface area contributed by atoms with Gasteiger partial charge in [-0.3, -0.25) is 9.69 Å². The van der Waals surface area contributed by atoms with E-state index in [2.05, 4.69) is 28.1 Å². The molecular weight excluding hydrogens is 370 g/mol. The summed E-state index contributed by atoms with van der Waals surface area (Å²) in [6, 6.07) is 17.4. The summed E-state index contributed by atoms with van der Waals surface area (Å²) in [6.45, 7) is 4.64. The first-order valence-corrected chi connectivity index (χ1v) is 10.6. The van der Waals surface area contributed by atoms with E-state index >= 15 is 0 Å². The van der Waals surface area contributed by atoms with Crippen LogP contribution in [0.15, 0.2) is 48.5 Å². The third kappa shape index (κ3) is 3.38. The quantitative estimate of drug-likeness (QED) is 0.659. The van der Waals surface area contributed by atoms with Crippen molar-refractivity contribution < 1.29 is 9.53 Å². The first-order valence-electron chi connectivity index (χ1n) is 9.79. The number of amides is 1. The lowest BCUT2D eigenvalue weighted by Crippen LogP contribution is -2.48. The predicted octanol–water partition coefficient (Wildman–Crippen LogP) is 3.94. The number of carbonyl (C=O) groups is 1. The van der Waals surface area contributed by atoms with Gasteiger partial charge in [-0.1, -0.05) is 35.6 Å². The minimum absolute atomic E-state index is 0.218. The highest BCUT2D eigenvalue weighted by Gasteiger charge is 2.43. The van der Waals surface area contributed by atoms with Crippen molar-refractivity contribution in [3.8, 4) is 10.9 Å². The molecule has 3 heterocycles. The van der Waals surface area contributed by atoms with Gasteiger partial charge in [0.25, 0.3) is 5.19 Å². The van der Waals surface area contributed by atoms with Gasteiger partial charge >= 0.3 is 0 Å². The first kappa shape index (κ1) is 17.6. The molecule has 2 aliphatic heterocycles. The van der Waals surface area contributed by atoms with Crippen molar-refractivity contribution in [2.75, 3.05) is 19.6 Å². The molecule has 2 saturated heterocycles. The maximum Gasteiger partial charge on any atom is 0.279 e. The summed E-state index contributed by atoms with van der Waals surface area (Å²) in [4.78, 5) is 20.7. The van der Waals surface area contributed by atoms with Crippen LogP contribution in [0.5, 0.6) is 10.9 Å². The van der Waals surface area contributed by atoms with Gasteiger partial charge in [0.1, 0.15) is 5.75 Å². The van der Waals surface area contributed by atoms with Gasteiger partial charge in [0, 0.05) is 38.6 Å². The fourth-order valence-corrected chi connectivity index (χ4v) is 5.24. The van der Waals surface area contributed by atoms with Gasteiger partial charge in [-0.25, -0.2) is 4.98 Å². The molecule has 2 bridgehead atoms. The number of hydrogen-bond donors (Lipinski definition) is 0. The number of piperazine rings is 1. The second kappa shape index (κ2) is 7.18. The molecule has 2 aromatic carbocycles. The highest BCUT2D eigenvalue weighted by Crippen LogP contribution is 2.32. The van der Waals surface area contributed by atoms with Crippen molar-refractivity contribution in [1.82, 2.24) is 14.8 Å². The van der Waals surface area contributed by atoms with Crippen molar-refractivity contribution in [1.29, 1.82) is 0 Å². The molecule has 0 unspecified atom stereocenters. The second-order valence-corrected chi connectivity index (χ2v) is 8.65. The molecule has 5 nitrogen and oxygen atoms in total. The van der Waals surface area contributed by atoms with Gasteiger partial charge in [-0.15, -0.1) is 0 Å². The van der Waals surface area contributed by atoms with Crippen molar-refractivity contribution >= 4 is 27.5 Å². The van der Waals surface area contributed by atoms with E-state index in [-0.39, 0.29) is 5.91 Å². The molecule has 28 heavy (non-hydrogen) atoms. The number of rotatable bonds is 5. The molecule has 1 amide bonds. The van der Waals surface area contributed by atoms with Gasteiger partial charge in [0.2, 0.25) is 5.91 Å². The summed E-state index contributed by atoms with van der Waals surface area (Å²) in [5.74, 6) is 1.04. The average molecular weight is 394 g/mol. The molecule has 1 aromatic heterocycles. The maximum absolute atomic E-state index is 11.6. The van der Waals surface area contributed by atoms with Gasteiger partial charge in [-0.05, 0) is 42.7 Å². The van der Waals surface area contributed by atoms with Gasteiger partial charge in [0.05, 0.1) is 10.2 Å². The van der Waals surface area contributed by atoms with E-state index in [0.29, 0.717) is 17.3 Å². The third-order valence-electron chi connectivity index (χ3n) is 5.85. The third-order valence-corrected chi connectivity index (χ3v) is 6.76. The fourth-order valence-electron chi connectivity index (χ4n) is 4.40. The minimum atomic E-state index is 0.218. The van der Waals surface area contributed by atoms with Gasteiger partial charge in [0.15, 0.2) is 0 Å². The van der Waals surface area contributed by atoms with Crippen LogP contribution in [0.3, 0.4) is 0 Å². The molecule has 5 rings (SSSR count). The number of nitrogens with zero attached hydrogens (tertiary/aromatic N) is 3.